The summed E-state index contributed by atoms with van der Waals surface area (Å²) in [4.78, 5) is 25.2. The van der Waals surface area contributed by atoms with Crippen LogP contribution in [0.25, 0.3) is 0 Å². The molecule has 0 saturated heterocycles. The van der Waals surface area contributed by atoms with E-state index in [2.05, 4.69) is 6.07 Å². The van der Waals surface area contributed by atoms with E-state index in [0.29, 0.717) is 13.1 Å². The first-order valence-electron chi connectivity index (χ1n) is 6.41. The van der Waals surface area contributed by atoms with Crippen LogP contribution in [0.3, 0.4) is 0 Å². The standard InChI is InChI=1S/C15H19N2O2/c1-15(2,14(16)19)9-13(18)17-8-7-11-5-3-4-6-12(11)10-17/h3-6,9H,7-8,10H2,1-2H3,(H2,16,19). The molecule has 1 aromatic rings. The molecule has 0 spiro atoms. The molecule has 0 aliphatic carbocycles. The van der Waals surface area contributed by atoms with Gasteiger partial charge in [-0.15, -0.1) is 0 Å². The Hall–Kier alpha value is -1.84. The number of carbonyl (C=O) groups is 2. The fourth-order valence-electron chi connectivity index (χ4n) is 2.15. The van der Waals surface area contributed by atoms with Crippen molar-refractivity contribution in [3.63, 3.8) is 0 Å². The molecule has 19 heavy (non-hydrogen) atoms. The zero-order valence-corrected chi connectivity index (χ0v) is 11.3. The fourth-order valence-corrected chi connectivity index (χ4v) is 2.15. The van der Waals surface area contributed by atoms with Gasteiger partial charge in [0.15, 0.2) is 0 Å². The maximum atomic E-state index is 12.2. The van der Waals surface area contributed by atoms with E-state index < -0.39 is 11.3 Å². The summed E-state index contributed by atoms with van der Waals surface area (Å²) < 4.78 is 0. The second-order valence-electron chi connectivity index (χ2n) is 5.51. The summed E-state index contributed by atoms with van der Waals surface area (Å²) >= 11 is 0. The summed E-state index contributed by atoms with van der Waals surface area (Å²) in [5.41, 5.74) is 6.84. The number of hydrogen-bond acceptors (Lipinski definition) is 2. The summed E-state index contributed by atoms with van der Waals surface area (Å²) in [7, 11) is 0. The van der Waals surface area contributed by atoms with Crippen LogP contribution in [-0.4, -0.2) is 23.3 Å². The molecule has 0 aromatic heterocycles. The highest BCUT2D eigenvalue weighted by Crippen LogP contribution is 2.23. The molecule has 4 heteroatoms. The van der Waals surface area contributed by atoms with E-state index in [1.54, 1.807) is 18.7 Å². The molecule has 4 nitrogen and oxygen atoms in total. The van der Waals surface area contributed by atoms with E-state index in [-0.39, 0.29) is 5.91 Å². The van der Waals surface area contributed by atoms with Crippen molar-refractivity contribution in [2.45, 2.75) is 26.8 Å². The normalized spacial score (nSPS) is 14.9. The van der Waals surface area contributed by atoms with Crippen molar-refractivity contribution in [2.75, 3.05) is 6.54 Å². The van der Waals surface area contributed by atoms with E-state index >= 15 is 0 Å². The number of benzene rings is 1. The van der Waals surface area contributed by atoms with Gasteiger partial charge in [-0.1, -0.05) is 38.1 Å². The topological polar surface area (TPSA) is 63.4 Å². The summed E-state index contributed by atoms with van der Waals surface area (Å²) in [5, 5.41) is 0. The number of rotatable bonds is 3. The molecule has 1 radical (unpaired) electrons. The highest BCUT2D eigenvalue weighted by Gasteiger charge is 2.31. The Morgan fingerprint density at radius 3 is 2.53 bits per heavy atom. The lowest BCUT2D eigenvalue weighted by molar-refractivity contribution is -0.133. The Kier molecular flexibility index (Phi) is 3.60. The van der Waals surface area contributed by atoms with Crippen LogP contribution in [0.1, 0.15) is 25.0 Å². The van der Waals surface area contributed by atoms with Gasteiger partial charge < -0.3 is 10.6 Å². The van der Waals surface area contributed by atoms with Crippen LogP contribution in [0.2, 0.25) is 0 Å². The monoisotopic (exact) mass is 259 g/mol. The van der Waals surface area contributed by atoms with Gasteiger partial charge in [-0.2, -0.15) is 0 Å². The number of nitrogens with zero attached hydrogens (tertiary/aromatic N) is 1. The van der Waals surface area contributed by atoms with Crippen LogP contribution in [0.5, 0.6) is 0 Å². The van der Waals surface area contributed by atoms with Gasteiger partial charge in [0.1, 0.15) is 0 Å². The van der Waals surface area contributed by atoms with E-state index in [0.717, 1.165) is 6.42 Å². The molecule has 101 valence electrons. The Bertz CT molecular complexity index is 509. The van der Waals surface area contributed by atoms with Crippen LogP contribution in [-0.2, 0) is 22.6 Å². The molecule has 2 rings (SSSR count). The van der Waals surface area contributed by atoms with Gasteiger partial charge in [0.25, 0.3) is 0 Å². The minimum absolute atomic E-state index is 0.127. The largest absolute Gasteiger partial charge is 0.369 e. The van der Waals surface area contributed by atoms with E-state index in [1.807, 2.05) is 18.2 Å². The molecule has 1 heterocycles. The minimum Gasteiger partial charge on any atom is -0.369 e. The zero-order chi connectivity index (χ0) is 14.0. The Labute approximate surface area is 113 Å². The van der Waals surface area contributed by atoms with E-state index in [9.17, 15) is 9.59 Å². The lowest BCUT2D eigenvalue weighted by Crippen LogP contribution is -2.42. The molecule has 1 aliphatic heterocycles. The molecule has 0 bridgehead atoms. The third-order valence-corrected chi connectivity index (χ3v) is 3.56. The summed E-state index contributed by atoms with van der Waals surface area (Å²) in [6.07, 6.45) is 2.27. The van der Waals surface area contributed by atoms with Gasteiger partial charge in [0.2, 0.25) is 11.8 Å². The van der Waals surface area contributed by atoms with Crippen molar-refractivity contribution < 1.29 is 9.59 Å². The molecule has 2 N–H and O–H groups in total. The molecule has 1 aromatic carbocycles. The Balaban J connectivity index is 2.05. The van der Waals surface area contributed by atoms with E-state index in [1.165, 1.54) is 17.5 Å². The average molecular weight is 259 g/mol. The second-order valence-corrected chi connectivity index (χ2v) is 5.51. The first-order chi connectivity index (χ1) is 8.90. The third-order valence-electron chi connectivity index (χ3n) is 3.56. The SMILES string of the molecule is CC(C)([CH]C(=O)N1CCc2ccccc2C1)C(N)=O. The molecule has 1 aliphatic rings. The summed E-state index contributed by atoms with van der Waals surface area (Å²) in [5.74, 6) is -0.614. The predicted molar refractivity (Wildman–Crippen MR) is 72.8 cm³/mol. The lowest BCUT2D eigenvalue weighted by atomic mass is 9.87. The van der Waals surface area contributed by atoms with Crippen molar-refractivity contribution in [3.8, 4) is 0 Å². The van der Waals surface area contributed by atoms with Crippen molar-refractivity contribution in [1.82, 2.24) is 4.90 Å². The van der Waals surface area contributed by atoms with Crippen molar-refractivity contribution in [2.24, 2.45) is 11.1 Å². The van der Waals surface area contributed by atoms with Crippen molar-refractivity contribution in [3.05, 3.63) is 41.8 Å². The number of fused-ring (bicyclic) bond motifs is 1. The van der Waals surface area contributed by atoms with Crippen LogP contribution < -0.4 is 5.73 Å². The quantitative estimate of drug-likeness (QED) is 0.889. The van der Waals surface area contributed by atoms with Crippen LogP contribution in [0, 0.1) is 11.8 Å². The smallest absolute Gasteiger partial charge is 0.227 e. The van der Waals surface area contributed by atoms with Gasteiger partial charge in [-0.05, 0) is 17.5 Å². The Morgan fingerprint density at radius 1 is 1.26 bits per heavy atom. The number of primary amides is 1. The molecule has 0 fully saturated rings. The van der Waals surface area contributed by atoms with Gasteiger partial charge >= 0.3 is 0 Å². The lowest BCUT2D eigenvalue weighted by Gasteiger charge is -2.31. The first-order valence-corrected chi connectivity index (χ1v) is 6.41. The van der Waals surface area contributed by atoms with Gasteiger partial charge in [0, 0.05) is 13.1 Å². The second kappa shape index (κ2) is 5.03. The van der Waals surface area contributed by atoms with Crippen molar-refractivity contribution in [1.29, 1.82) is 0 Å². The van der Waals surface area contributed by atoms with Crippen molar-refractivity contribution >= 4 is 11.8 Å². The summed E-state index contributed by atoms with van der Waals surface area (Å²) in [6.45, 7) is 4.60. The minimum atomic E-state index is -0.909. The number of nitrogens with two attached hydrogens (primary N) is 1. The number of hydrogen-bond donors (Lipinski definition) is 1. The van der Waals surface area contributed by atoms with Crippen LogP contribution in [0.15, 0.2) is 24.3 Å². The maximum absolute atomic E-state index is 12.2. The average Bonchev–Trinajstić information content (AvgIpc) is 2.37. The number of amides is 2. The summed E-state index contributed by atoms with van der Waals surface area (Å²) in [6, 6.07) is 8.12. The highest BCUT2D eigenvalue weighted by atomic mass is 16.2. The predicted octanol–water partition coefficient (Wildman–Crippen LogP) is 1.29. The van der Waals surface area contributed by atoms with Gasteiger partial charge in [0.05, 0.1) is 11.8 Å². The maximum Gasteiger partial charge on any atom is 0.227 e. The third kappa shape index (κ3) is 2.95. The number of carbonyl (C=O) groups excluding carboxylic acids is 2. The van der Waals surface area contributed by atoms with Gasteiger partial charge in [-0.3, -0.25) is 9.59 Å². The first kappa shape index (κ1) is 13.6. The molecule has 0 saturated carbocycles. The molecular weight excluding hydrogens is 240 g/mol. The molecular formula is C15H19N2O2. The molecule has 0 unspecified atom stereocenters. The van der Waals surface area contributed by atoms with Crippen LogP contribution in [0.4, 0.5) is 0 Å². The van der Waals surface area contributed by atoms with E-state index in [4.69, 9.17) is 5.73 Å². The van der Waals surface area contributed by atoms with Gasteiger partial charge in [-0.25, -0.2) is 0 Å². The zero-order valence-electron chi connectivity index (χ0n) is 11.3. The molecule has 0 atom stereocenters. The highest BCUT2D eigenvalue weighted by molar-refractivity contribution is 5.94. The molecule has 2 amide bonds. The van der Waals surface area contributed by atoms with Crippen LogP contribution >= 0.6 is 0 Å². The fraction of sp³-hybridized carbons (Fsp3) is 0.400. The Morgan fingerprint density at radius 2 is 1.89 bits per heavy atom.